The molecule has 2 nitrogen and oxygen atoms in total. The van der Waals surface area contributed by atoms with Crippen LogP contribution < -0.4 is 5.32 Å². The molecule has 1 aromatic carbocycles. The van der Waals surface area contributed by atoms with Crippen LogP contribution in [0.2, 0.25) is 0 Å². The molecule has 0 bridgehead atoms. The van der Waals surface area contributed by atoms with Crippen molar-refractivity contribution in [3.63, 3.8) is 0 Å². The zero-order valence-corrected chi connectivity index (χ0v) is 14.5. The van der Waals surface area contributed by atoms with Gasteiger partial charge in [0.05, 0.1) is 0 Å². The fourth-order valence-corrected chi connectivity index (χ4v) is 3.73. The maximum absolute atomic E-state index is 5.96. The van der Waals surface area contributed by atoms with Crippen molar-refractivity contribution in [2.24, 2.45) is 0 Å². The molecule has 2 aromatic rings. The van der Waals surface area contributed by atoms with Gasteiger partial charge in [-0.2, -0.15) is 11.8 Å². The second-order valence-electron chi connectivity index (χ2n) is 5.55. The first-order valence-corrected chi connectivity index (χ1v) is 9.17. The summed E-state index contributed by atoms with van der Waals surface area (Å²) >= 11 is 1.98. The van der Waals surface area contributed by atoms with Crippen LogP contribution in [0, 0.1) is 0 Å². The third kappa shape index (κ3) is 3.46. The Labute approximate surface area is 132 Å². The van der Waals surface area contributed by atoms with E-state index in [0.717, 1.165) is 30.9 Å². The summed E-state index contributed by atoms with van der Waals surface area (Å²) < 4.78 is 6.32. The SMILES string of the molecule is CCc1oc2ccccc2c1CNCC(CC)(CC)SC. The van der Waals surface area contributed by atoms with E-state index in [2.05, 4.69) is 50.5 Å². The number of hydrogen-bond acceptors (Lipinski definition) is 3. The van der Waals surface area contributed by atoms with Gasteiger partial charge in [-0.1, -0.05) is 39.0 Å². The summed E-state index contributed by atoms with van der Waals surface area (Å²) in [4.78, 5) is 0. The third-order valence-electron chi connectivity index (χ3n) is 4.57. The first kappa shape index (κ1) is 16.4. The Morgan fingerprint density at radius 1 is 1.14 bits per heavy atom. The maximum Gasteiger partial charge on any atom is 0.134 e. The average Bonchev–Trinajstić information content (AvgIpc) is 2.90. The van der Waals surface area contributed by atoms with Crippen molar-refractivity contribution in [2.45, 2.75) is 51.3 Å². The normalized spacial score (nSPS) is 12.2. The smallest absolute Gasteiger partial charge is 0.134 e. The quantitative estimate of drug-likeness (QED) is 0.742. The molecule has 1 heterocycles. The van der Waals surface area contributed by atoms with Gasteiger partial charge < -0.3 is 9.73 Å². The van der Waals surface area contributed by atoms with Crippen LogP contribution in [-0.4, -0.2) is 17.5 Å². The standard InChI is InChI=1S/C18H27NOS/c1-5-16-15(14-10-8-9-11-17(14)20-16)12-19-13-18(6-2,7-3)21-4/h8-11,19H,5-7,12-13H2,1-4H3. The van der Waals surface area contributed by atoms with Gasteiger partial charge in [-0.25, -0.2) is 0 Å². The molecule has 0 fully saturated rings. The minimum absolute atomic E-state index is 0.353. The highest BCUT2D eigenvalue weighted by Gasteiger charge is 2.24. The molecular weight excluding hydrogens is 278 g/mol. The van der Waals surface area contributed by atoms with Gasteiger partial charge >= 0.3 is 0 Å². The first-order chi connectivity index (χ1) is 10.2. The number of thioether (sulfide) groups is 1. The molecule has 0 aliphatic rings. The highest BCUT2D eigenvalue weighted by molar-refractivity contribution is 8.00. The Bertz CT molecular complexity index is 563. The summed E-state index contributed by atoms with van der Waals surface area (Å²) in [5.74, 6) is 1.12. The van der Waals surface area contributed by atoms with Crippen LogP contribution in [-0.2, 0) is 13.0 Å². The number of fused-ring (bicyclic) bond motifs is 1. The second kappa shape index (κ2) is 7.37. The molecule has 21 heavy (non-hydrogen) atoms. The Hall–Kier alpha value is -0.930. The minimum Gasteiger partial charge on any atom is -0.461 e. The number of furan rings is 1. The van der Waals surface area contributed by atoms with Crippen molar-refractivity contribution in [3.05, 3.63) is 35.6 Å². The van der Waals surface area contributed by atoms with Crippen LogP contribution in [0.1, 0.15) is 44.9 Å². The molecule has 0 atom stereocenters. The van der Waals surface area contributed by atoms with E-state index >= 15 is 0 Å². The van der Waals surface area contributed by atoms with Gasteiger partial charge in [-0.15, -0.1) is 0 Å². The Morgan fingerprint density at radius 2 is 1.86 bits per heavy atom. The molecule has 0 aliphatic heterocycles. The summed E-state index contributed by atoms with van der Waals surface area (Å²) in [5.41, 5.74) is 2.34. The Morgan fingerprint density at radius 3 is 2.48 bits per heavy atom. The van der Waals surface area contributed by atoms with E-state index in [1.165, 1.54) is 23.8 Å². The van der Waals surface area contributed by atoms with Gasteiger partial charge in [-0.05, 0) is 25.2 Å². The molecule has 1 N–H and O–H groups in total. The summed E-state index contributed by atoms with van der Waals surface area (Å²) in [6.07, 6.45) is 5.56. The number of aryl methyl sites for hydroxylation is 1. The molecule has 3 heteroatoms. The van der Waals surface area contributed by atoms with E-state index in [9.17, 15) is 0 Å². The molecule has 0 saturated heterocycles. The van der Waals surface area contributed by atoms with Gasteiger partial charge in [0.25, 0.3) is 0 Å². The van der Waals surface area contributed by atoms with Crippen LogP contribution in [0.5, 0.6) is 0 Å². The van der Waals surface area contributed by atoms with Crippen LogP contribution in [0.3, 0.4) is 0 Å². The minimum atomic E-state index is 0.353. The van der Waals surface area contributed by atoms with E-state index in [4.69, 9.17) is 4.42 Å². The molecular formula is C18H27NOS. The van der Waals surface area contributed by atoms with Gasteiger partial charge in [0.1, 0.15) is 11.3 Å². The van der Waals surface area contributed by atoms with Crippen LogP contribution in [0.25, 0.3) is 11.0 Å². The van der Waals surface area contributed by atoms with Crippen molar-refractivity contribution >= 4 is 22.7 Å². The highest BCUT2D eigenvalue weighted by atomic mass is 32.2. The average molecular weight is 305 g/mol. The maximum atomic E-state index is 5.96. The lowest BCUT2D eigenvalue weighted by Crippen LogP contribution is -2.36. The topological polar surface area (TPSA) is 25.2 Å². The molecule has 0 aliphatic carbocycles. The Kier molecular flexibility index (Phi) is 5.77. The van der Waals surface area contributed by atoms with E-state index in [0.29, 0.717) is 4.75 Å². The number of para-hydroxylation sites is 1. The summed E-state index contributed by atoms with van der Waals surface area (Å²) in [6, 6.07) is 8.35. The Balaban J connectivity index is 2.13. The number of nitrogens with one attached hydrogen (secondary N) is 1. The van der Waals surface area contributed by atoms with Crippen molar-refractivity contribution in [3.8, 4) is 0 Å². The molecule has 1 aromatic heterocycles. The van der Waals surface area contributed by atoms with Crippen LogP contribution in [0.15, 0.2) is 28.7 Å². The zero-order chi connectivity index (χ0) is 15.3. The fraction of sp³-hybridized carbons (Fsp3) is 0.556. The molecule has 2 rings (SSSR count). The van der Waals surface area contributed by atoms with Crippen molar-refractivity contribution < 1.29 is 4.42 Å². The first-order valence-electron chi connectivity index (χ1n) is 7.94. The lowest BCUT2D eigenvalue weighted by Gasteiger charge is -2.30. The lowest BCUT2D eigenvalue weighted by molar-refractivity contribution is 0.489. The number of benzene rings is 1. The van der Waals surface area contributed by atoms with E-state index in [1.54, 1.807) is 0 Å². The van der Waals surface area contributed by atoms with Gasteiger partial charge in [-0.3, -0.25) is 0 Å². The van der Waals surface area contributed by atoms with Gasteiger partial charge in [0.2, 0.25) is 0 Å². The molecule has 0 spiro atoms. The van der Waals surface area contributed by atoms with Crippen molar-refractivity contribution in [1.29, 1.82) is 0 Å². The molecule has 0 amide bonds. The largest absolute Gasteiger partial charge is 0.461 e. The van der Waals surface area contributed by atoms with E-state index < -0.39 is 0 Å². The van der Waals surface area contributed by atoms with Crippen LogP contribution in [0.4, 0.5) is 0 Å². The van der Waals surface area contributed by atoms with Crippen molar-refractivity contribution in [2.75, 3.05) is 12.8 Å². The zero-order valence-electron chi connectivity index (χ0n) is 13.7. The lowest BCUT2D eigenvalue weighted by atomic mass is 10.0. The fourth-order valence-electron chi connectivity index (χ4n) is 2.91. The van der Waals surface area contributed by atoms with Gasteiger partial charge in [0, 0.05) is 35.2 Å². The third-order valence-corrected chi connectivity index (χ3v) is 6.16. The van der Waals surface area contributed by atoms with Gasteiger partial charge in [0.15, 0.2) is 0 Å². The summed E-state index contributed by atoms with van der Waals surface area (Å²) in [6.45, 7) is 8.66. The van der Waals surface area contributed by atoms with E-state index in [1.807, 2.05) is 17.8 Å². The number of rotatable bonds is 8. The molecule has 0 saturated carbocycles. The monoisotopic (exact) mass is 305 g/mol. The van der Waals surface area contributed by atoms with Crippen molar-refractivity contribution in [1.82, 2.24) is 5.32 Å². The van der Waals surface area contributed by atoms with Crippen LogP contribution >= 0.6 is 11.8 Å². The molecule has 0 radical (unpaired) electrons. The summed E-state index contributed by atoms with van der Waals surface area (Å²) in [5, 5.41) is 4.92. The molecule has 0 unspecified atom stereocenters. The van der Waals surface area contributed by atoms with E-state index in [-0.39, 0.29) is 0 Å². The predicted octanol–water partition coefficient (Wildman–Crippen LogP) is 5.01. The predicted molar refractivity (Wildman–Crippen MR) is 94.1 cm³/mol. The molecule has 116 valence electrons. The summed E-state index contributed by atoms with van der Waals surface area (Å²) in [7, 11) is 0. The number of hydrogen-bond donors (Lipinski definition) is 1. The highest BCUT2D eigenvalue weighted by Crippen LogP contribution is 2.30. The second-order valence-corrected chi connectivity index (χ2v) is 6.83.